The van der Waals surface area contributed by atoms with Gasteiger partial charge in [-0.05, 0) is 43.7 Å². The summed E-state index contributed by atoms with van der Waals surface area (Å²) >= 11 is 6.40. The Hall–Kier alpha value is -3.32. The lowest BCUT2D eigenvalue weighted by atomic mass is 9.98. The average Bonchev–Trinajstić information content (AvgIpc) is 2.63. The van der Waals surface area contributed by atoms with Crippen molar-refractivity contribution >= 4 is 56.4 Å². The van der Waals surface area contributed by atoms with Crippen molar-refractivity contribution in [1.82, 2.24) is 4.57 Å². The van der Waals surface area contributed by atoms with E-state index in [0.717, 1.165) is 0 Å². The average molecular weight is 428 g/mol. The highest BCUT2D eigenvalue weighted by molar-refractivity contribution is 6.35. The van der Waals surface area contributed by atoms with Crippen LogP contribution in [0.15, 0.2) is 40.8 Å². The molecule has 3 rings (SSSR count). The van der Waals surface area contributed by atoms with E-state index in [2.05, 4.69) is 0 Å². The van der Waals surface area contributed by atoms with Gasteiger partial charge in [-0.25, -0.2) is 0 Å². The lowest BCUT2D eigenvalue weighted by molar-refractivity contribution is -0.137. The first kappa shape index (κ1) is 21.4. The van der Waals surface area contributed by atoms with E-state index in [0.29, 0.717) is 49.3 Å². The predicted molar refractivity (Wildman–Crippen MR) is 120 cm³/mol. The van der Waals surface area contributed by atoms with Crippen molar-refractivity contribution in [3.63, 3.8) is 0 Å². The molecule has 7 nitrogen and oxygen atoms in total. The van der Waals surface area contributed by atoms with E-state index >= 15 is 0 Å². The van der Waals surface area contributed by atoms with Crippen LogP contribution in [0.4, 0.5) is 5.69 Å². The topological polar surface area (TPSA) is 106 Å². The molecule has 2 aromatic carbocycles. The van der Waals surface area contributed by atoms with Crippen LogP contribution < -0.4 is 16.1 Å². The van der Waals surface area contributed by atoms with Crippen molar-refractivity contribution in [2.45, 2.75) is 20.4 Å². The summed E-state index contributed by atoms with van der Waals surface area (Å²) < 4.78 is 1.54. The minimum absolute atomic E-state index is 0.223. The Labute approximate surface area is 178 Å². The lowest BCUT2D eigenvalue weighted by Crippen LogP contribution is -2.20. The van der Waals surface area contributed by atoms with Crippen molar-refractivity contribution in [2.75, 3.05) is 19.0 Å². The van der Waals surface area contributed by atoms with Crippen LogP contribution >= 0.6 is 11.6 Å². The van der Waals surface area contributed by atoms with E-state index in [9.17, 15) is 19.5 Å². The standard InChI is InChI=1S/C22H22ClN3O4/c1-11(24)19(12(2)27)13-5-6-14-17(9-13)26(10-18(28)29)20-15(22(14)30)7-8-16(23)21(20)25(3)4/h5-9H,10,24H2,1-4H3,(H,28,29)/b19-11+. The number of carbonyl (C=O) groups is 2. The summed E-state index contributed by atoms with van der Waals surface area (Å²) in [5.41, 5.74) is 8.19. The maximum atomic E-state index is 13.2. The third-order valence-electron chi connectivity index (χ3n) is 4.93. The highest BCUT2D eigenvalue weighted by Crippen LogP contribution is 2.34. The predicted octanol–water partition coefficient (Wildman–Crippen LogP) is 3.24. The maximum absolute atomic E-state index is 13.2. The van der Waals surface area contributed by atoms with Crippen LogP contribution in [0.2, 0.25) is 5.02 Å². The Morgan fingerprint density at radius 1 is 1.13 bits per heavy atom. The number of carboxylic acid groups (broad SMARTS) is 1. The molecular weight excluding hydrogens is 406 g/mol. The van der Waals surface area contributed by atoms with Gasteiger partial charge < -0.3 is 20.3 Å². The van der Waals surface area contributed by atoms with E-state index in [1.165, 1.54) is 6.92 Å². The summed E-state index contributed by atoms with van der Waals surface area (Å²) in [6.45, 7) is 2.64. The van der Waals surface area contributed by atoms with Crippen LogP contribution in [0, 0.1) is 0 Å². The number of ketones is 1. The van der Waals surface area contributed by atoms with Gasteiger partial charge in [-0.3, -0.25) is 14.4 Å². The van der Waals surface area contributed by atoms with Crippen molar-refractivity contribution < 1.29 is 14.7 Å². The Balaban J connectivity index is 2.60. The summed E-state index contributed by atoms with van der Waals surface area (Å²) in [5.74, 6) is -1.30. The van der Waals surface area contributed by atoms with Gasteiger partial charge in [0.1, 0.15) is 6.54 Å². The molecule has 8 heteroatoms. The third kappa shape index (κ3) is 3.52. The van der Waals surface area contributed by atoms with Crippen LogP contribution in [-0.2, 0) is 16.1 Å². The molecule has 0 saturated carbocycles. The molecule has 1 heterocycles. The Bertz CT molecular complexity index is 1300. The molecule has 0 aliphatic heterocycles. The fourth-order valence-electron chi connectivity index (χ4n) is 3.81. The first-order valence-corrected chi connectivity index (χ1v) is 9.58. The third-order valence-corrected chi connectivity index (χ3v) is 5.23. The minimum atomic E-state index is -1.08. The van der Waals surface area contributed by atoms with Crippen LogP contribution in [-0.4, -0.2) is 35.5 Å². The normalized spacial score (nSPS) is 12.2. The van der Waals surface area contributed by atoms with Crippen LogP contribution in [0.1, 0.15) is 19.4 Å². The monoisotopic (exact) mass is 427 g/mol. The van der Waals surface area contributed by atoms with Gasteiger partial charge in [-0.15, -0.1) is 0 Å². The number of hydrogen-bond acceptors (Lipinski definition) is 5. The molecule has 0 fully saturated rings. The fraction of sp³-hybridized carbons (Fsp3) is 0.227. The van der Waals surface area contributed by atoms with E-state index in [4.69, 9.17) is 17.3 Å². The lowest BCUT2D eigenvalue weighted by Gasteiger charge is -2.22. The molecule has 0 radical (unpaired) electrons. The van der Waals surface area contributed by atoms with Gasteiger partial charge in [0.25, 0.3) is 0 Å². The smallest absolute Gasteiger partial charge is 0.323 e. The number of rotatable bonds is 5. The van der Waals surface area contributed by atoms with Crippen LogP contribution in [0.3, 0.4) is 0 Å². The molecule has 1 aromatic heterocycles. The fourth-order valence-corrected chi connectivity index (χ4v) is 4.13. The first-order chi connectivity index (χ1) is 14.0. The van der Waals surface area contributed by atoms with E-state index in [1.54, 1.807) is 60.8 Å². The number of carbonyl (C=O) groups excluding carboxylic acids is 1. The van der Waals surface area contributed by atoms with E-state index in [1.807, 2.05) is 0 Å². The van der Waals surface area contributed by atoms with Gasteiger partial charge in [0.2, 0.25) is 0 Å². The number of fused-ring (bicyclic) bond motifs is 2. The van der Waals surface area contributed by atoms with Crippen molar-refractivity contribution in [2.24, 2.45) is 5.73 Å². The summed E-state index contributed by atoms with van der Waals surface area (Å²) in [4.78, 5) is 38.8. The highest BCUT2D eigenvalue weighted by Gasteiger charge is 2.20. The first-order valence-electron chi connectivity index (χ1n) is 9.20. The van der Waals surface area contributed by atoms with Gasteiger partial charge >= 0.3 is 5.97 Å². The Kier molecular flexibility index (Phi) is 5.59. The number of aromatic nitrogens is 1. The van der Waals surface area contributed by atoms with E-state index < -0.39 is 12.5 Å². The molecule has 0 saturated heterocycles. The van der Waals surface area contributed by atoms with Crippen molar-refractivity contribution in [3.8, 4) is 0 Å². The zero-order valence-electron chi connectivity index (χ0n) is 17.1. The second-order valence-electron chi connectivity index (χ2n) is 7.34. The Morgan fingerprint density at radius 3 is 2.30 bits per heavy atom. The second kappa shape index (κ2) is 7.84. The number of pyridine rings is 1. The van der Waals surface area contributed by atoms with Gasteiger partial charge in [0.15, 0.2) is 11.2 Å². The zero-order chi connectivity index (χ0) is 22.3. The van der Waals surface area contributed by atoms with Crippen molar-refractivity contribution in [1.29, 1.82) is 0 Å². The number of halogens is 1. The summed E-state index contributed by atoms with van der Waals surface area (Å²) in [7, 11) is 3.54. The highest BCUT2D eigenvalue weighted by atomic mass is 35.5. The summed E-state index contributed by atoms with van der Waals surface area (Å²) in [6, 6.07) is 8.10. The molecule has 0 aliphatic rings. The molecule has 0 bridgehead atoms. The molecule has 0 atom stereocenters. The van der Waals surface area contributed by atoms with Crippen LogP contribution in [0.5, 0.6) is 0 Å². The number of benzene rings is 2. The number of Topliss-reactive ketones (excluding diaryl/α,β-unsaturated/α-hetero) is 1. The van der Waals surface area contributed by atoms with Gasteiger partial charge in [0, 0.05) is 36.1 Å². The molecule has 30 heavy (non-hydrogen) atoms. The number of aliphatic carboxylic acids is 1. The molecule has 3 aromatic rings. The van der Waals surface area contributed by atoms with Gasteiger partial charge in [-0.2, -0.15) is 0 Å². The zero-order valence-corrected chi connectivity index (χ0v) is 17.9. The summed E-state index contributed by atoms with van der Waals surface area (Å²) in [5, 5.41) is 10.7. The van der Waals surface area contributed by atoms with Gasteiger partial charge in [-0.1, -0.05) is 17.7 Å². The number of nitrogens with zero attached hydrogens (tertiary/aromatic N) is 2. The molecule has 0 amide bonds. The molecular formula is C22H22ClN3O4. The SMILES string of the molecule is CC(=O)/C(=C(/C)N)c1ccc2c(=O)c3ccc(Cl)c(N(C)C)c3n(CC(=O)O)c2c1. The number of carboxylic acids is 1. The largest absolute Gasteiger partial charge is 0.480 e. The number of allylic oxidation sites excluding steroid dienone is 2. The molecule has 3 N–H and O–H groups in total. The quantitative estimate of drug-likeness (QED) is 0.478. The van der Waals surface area contributed by atoms with Crippen LogP contribution in [0.25, 0.3) is 27.4 Å². The second-order valence-corrected chi connectivity index (χ2v) is 7.75. The molecule has 0 spiro atoms. The minimum Gasteiger partial charge on any atom is -0.480 e. The van der Waals surface area contributed by atoms with Crippen molar-refractivity contribution in [3.05, 3.63) is 56.8 Å². The Morgan fingerprint density at radius 2 is 1.77 bits per heavy atom. The number of hydrogen-bond donors (Lipinski definition) is 2. The number of anilines is 1. The summed E-state index contributed by atoms with van der Waals surface area (Å²) in [6.07, 6.45) is 0. The molecule has 0 unspecified atom stereocenters. The number of nitrogens with two attached hydrogens (primary N) is 1. The molecule has 0 aliphatic carbocycles. The molecule has 156 valence electrons. The van der Waals surface area contributed by atoms with E-state index in [-0.39, 0.29) is 11.2 Å². The van der Waals surface area contributed by atoms with Gasteiger partial charge in [0.05, 0.1) is 21.7 Å². The maximum Gasteiger partial charge on any atom is 0.323 e.